The Morgan fingerprint density at radius 2 is 1.91 bits per heavy atom. The number of anilines is 2. The number of rotatable bonds is 6. The van der Waals surface area contributed by atoms with Crippen LogP contribution in [-0.2, 0) is 0 Å². The van der Waals surface area contributed by atoms with Gasteiger partial charge in [0.25, 0.3) is 5.91 Å². The van der Waals surface area contributed by atoms with E-state index < -0.39 is 0 Å². The fourth-order valence-electron chi connectivity index (χ4n) is 1.91. The Hall–Kier alpha value is -3.02. The number of ketones is 1. The van der Waals surface area contributed by atoms with Crippen LogP contribution in [0, 0.1) is 6.92 Å². The molecule has 6 heteroatoms. The average Bonchev–Trinajstić information content (AvgIpc) is 2.52. The highest BCUT2D eigenvalue weighted by Crippen LogP contribution is 2.15. The highest BCUT2D eigenvalue weighted by molar-refractivity contribution is 5.94. The van der Waals surface area contributed by atoms with Gasteiger partial charge in [-0.05, 0) is 44.2 Å². The van der Waals surface area contributed by atoms with Crippen molar-refractivity contribution in [3.63, 3.8) is 0 Å². The zero-order chi connectivity index (χ0) is 16.8. The van der Waals surface area contributed by atoms with Crippen molar-refractivity contribution in [3.8, 4) is 0 Å². The van der Waals surface area contributed by atoms with Crippen molar-refractivity contribution in [3.05, 3.63) is 59.9 Å². The van der Waals surface area contributed by atoms with Crippen molar-refractivity contribution in [2.24, 2.45) is 0 Å². The van der Waals surface area contributed by atoms with E-state index in [4.69, 9.17) is 0 Å². The van der Waals surface area contributed by atoms with E-state index in [9.17, 15) is 9.59 Å². The minimum absolute atomic E-state index is 0.00420. The van der Waals surface area contributed by atoms with Crippen molar-refractivity contribution in [1.29, 1.82) is 0 Å². The molecule has 23 heavy (non-hydrogen) atoms. The lowest BCUT2D eigenvalue weighted by atomic mass is 10.1. The molecule has 1 amide bonds. The predicted octanol–water partition coefficient (Wildman–Crippen LogP) is 2.65. The summed E-state index contributed by atoms with van der Waals surface area (Å²) in [5.74, 6) is 0.0410. The third-order valence-corrected chi connectivity index (χ3v) is 3.04. The molecule has 118 valence electrons. The summed E-state index contributed by atoms with van der Waals surface area (Å²) in [5, 5.41) is 5.70. The molecule has 0 radical (unpaired) electrons. The highest BCUT2D eigenvalue weighted by atomic mass is 16.1. The first kappa shape index (κ1) is 16.4. The number of aryl methyl sites for hydroxylation is 1. The molecule has 0 atom stereocenters. The lowest BCUT2D eigenvalue weighted by molar-refractivity contribution is 0.0952. The summed E-state index contributed by atoms with van der Waals surface area (Å²) in [4.78, 5) is 31.7. The largest absolute Gasteiger partial charge is 0.347 e. The number of carbonyl (C=O) groups excluding carboxylic acids is 2. The fraction of sp³-hybridized carbons (Fsp3) is 0.176. The summed E-state index contributed by atoms with van der Waals surface area (Å²) in [7, 11) is 0. The van der Waals surface area contributed by atoms with E-state index in [-0.39, 0.29) is 17.4 Å². The van der Waals surface area contributed by atoms with Gasteiger partial charge in [0.1, 0.15) is 5.69 Å². The first-order chi connectivity index (χ1) is 11.0. The van der Waals surface area contributed by atoms with Crippen LogP contribution in [0.5, 0.6) is 0 Å². The van der Waals surface area contributed by atoms with Crippen LogP contribution in [-0.4, -0.2) is 28.2 Å². The molecule has 0 unspecified atom stereocenters. The van der Waals surface area contributed by atoms with E-state index in [0.717, 1.165) is 5.69 Å². The molecule has 0 bridgehead atoms. The van der Waals surface area contributed by atoms with Crippen LogP contribution in [0.15, 0.2) is 43.0 Å². The van der Waals surface area contributed by atoms with Crippen molar-refractivity contribution in [2.45, 2.75) is 13.8 Å². The van der Waals surface area contributed by atoms with Gasteiger partial charge in [0.15, 0.2) is 5.78 Å². The second-order valence-electron chi connectivity index (χ2n) is 4.98. The molecule has 0 fully saturated rings. The molecule has 0 aliphatic carbocycles. The van der Waals surface area contributed by atoms with E-state index in [2.05, 4.69) is 27.2 Å². The van der Waals surface area contributed by atoms with E-state index in [1.807, 2.05) is 0 Å². The molecule has 2 N–H and O–H groups in total. The lowest BCUT2D eigenvalue weighted by Gasteiger charge is -2.08. The van der Waals surface area contributed by atoms with Crippen LogP contribution in [0.3, 0.4) is 0 Å². The van der Waals surface area contributed by atoms with Crippen LogP contribution in [0.4, 0.5) is 11.6 Å². The van der Waals surface area contributed by atoms with E-state index in [1.165, 1.54) is 6.92 Å². The molecule has 0 aliphatic heterocycles. The lowest BCUT2D eigenvalue weighted by Crippen LogP contribution is -2.24. The predicted molar refractivity (Wildman–Crippen MR) is 89.0 cm³/mol. The van der Waals surface area contributed by atoms with Crippen molar-refractivity contribution >= 4 is 23.3 Å². The maximum Gasteiger partial charge on any atom is 0.270 e. The molecular formula is C17H18N4O2. The van der Waals surface area contributed by atoms with Gasteiger partial charge in [0.05, 0.1) is 0 Å². The topological polar surface area (TPSA) is 84.0 Å². The maximum absolute atomic E-state index is 12.0. The van der Waals surface area contributed by atoms with Gasteiger partial charge in [-0.1, -0.05) is 6.08 Å². The van der Waals surface area contributed by atoms with Gasteiger partial charge in [-0.2, -0.15) is 0 Å². The van der Waals surface area contributed by atoms with Gasteiger partial charge < -0.3 is 10.6 Å². The summed E-state index contributed by atoms with van der Waals surface area (Å²) in [6, 6.07) is 8.58. The number of hydrogen-bond donors (Lipinski definition) is 2. The van der Waals surface area contributed by atoms with E-state index in [1.54, 1.807) is 43.3 Å². The number of nitrogens with zero attached hydrogens (tertiary/aromatic N) is 2. The van der Waals surface area contributed by atoms with Gasteiger partial charge in [-0.3, -0.25) is 9.59 Å². The minimum Gasteiger partial charge on any atom is -0.347 e. The number of nitrogens with one attached hydrogen (secondary N) is 2. The zero-order valence-electron chi connectivity index (χ0n) is 13.1. The summed E-state index contributed by atoms with van der Waals surface area (Å²) in [6.45, 7) is 7.23. The van der Waals surface area contributed by atoms with Crippen LogP contribution in [0.25, 0.3) is 0 Å². The molecule has 2 aromatic rings. The number of aromatic nitrogens is 2. The molecule has 1 aromatic heterocycles. The van der Waals surface area contributed by atoms with Gasteiger partial charge in [-0.25, -0.2) is 9.97 Å². The molecule has 0 saturated carbocycles. The molecule has 1 heterocycles. The van der Waals surface area contributed by atoms with Crippen LogP contribution in [0.2, 0.25) is 0 Å². The number of amides is 1. The van der Waals surface area contributed by atoms with Crippen molar-refractivity contribution in [1.82, 2.24) is 15.3 Å². The van der Waals surface area contributed by atoms with Gasteiger partial charge in [-0.15, -0.1) is 6.58 Å². The van der Waals surface area contributed by atoms with Crippen molar-refractivity contribution in [2.75, 3.05) is 11.9 Å². The van der Waals surface area contributed by atoms with E-state index >= 15 is 0 Å². The molecule has 6 nitrogen and oxygen atoms in total. The number of Topliss-reactive ketones (excluding diaryl/α,β-unsaturated/α-hetero) is 1. The molecule has 2 rings (SSSR count). The number of carbonyl (C=O) groups is 2. The van der Waals surface area contributed by atoms with Gasteiger partial charge in [0, 0.05) is 23.5 Å². The Balaban J connectivity index is 2.19. The fourth-order valence-corrected chi connectivity index (χ4v) is 1.91. The number of benzene rings is 1. The highest BCUT2D eigenvalue weighted by Gasteiger charge is 2.10. The average molecular weight is 310 g/mol. The minimum atomic E-state index is -0.287. The van der Waals surface area contributed by atoms with Crippen molar-refractivity contribution < 1.29 is 9.59 Å². The third kappa shape index (κ3) is 4.47. The Morgan fingerprint density at radius 1 is 1.22 bits per heavy atom. The Kier molecular flexibility index (Phi) is 5.19. The van der Waals surface area contributed by atoms with Gasteiger partial charge >= 0.3 is 0 Å². The van der Waals surface area contributed by atoms with Crippen LogP contribution < -0.4 is 10.6 Å². The summed E-state index contributed by atoms with van der Waals surface area (Å²) in [6.07, 6.45) is 1.60. The zero-order valence-corrected chi connectivity index (χ0v) is 13.1. The first-order valence-corrected chi connectivity index (χ1v) is 7.12. The summed E-state index contributed by atoms with van der Waals surface area (Å²) >= 11 is 0. The first-order valence-electron chi connectivity index (χ1n) is 7.12. The van der Waals surface area contributed by atoms with Gasteiger partial charge in [0.2, 0.25) is 5.95 Å². The summed E-state index contributed by atoms with van der Waals surface area (Å²) < 4.78 is 0. The van der Waals surface area contributed by atoms with Crippen LogP contribution >= 0.6 is 0 Å². The maximum atomic E-state index is 12.0. The smallest absolute Gasteiger partial charge is 0.270 e. The molecule has 0 aliphatic rings. The molecule has 0 saturated heterocycles. The second-order valence-corrected chi connectivity index (χ2v) is 4.98. The normalized spacial score (nSPS) is 10.0. The number of hydrogen-bond acceptors (Lipinski definition) is 5. The molecular weight excluding hydrogens is 292 g/mol. The molecule has 0 spiro atoms. The molecule has 1 aromatic carbocycles. The standard InChI is InChI=1S/C17H18N4O2/c1-4-9-18-16(23)15-10-11(2)19-17(21-15)20-14-7-5-13(6-8-14)12(3)22/h4-8,10H,1,9H2,2-3H3,(H,18,23)(H,19,20,21). The van der Waals surface area contributed by atoms with E-state index in [0.29, 0.717) is 23.8 Å². The van der Waals surface area contributed by atoms with Crippen LogP contribution in [0.1, 0.15) is 33.5 Å². The Bertz CT molecular complexity index is 739. The third-order valence-electron chi connectivity index (χ3n) is 3.04. The second kappa shape index (κ2) is 7.31. The quantitative estimate of drug-likeness (QED) is 0.633. The summed E-state index contributed by atoms with van der Waals surface area (Å²) in [5.41, 5.74) is 2.32. The monoisotopic (exact) mass is 310 g/mol. The Morgan fingerprint density at radius 3 is 2.52 bits per heavy atom. The Labute approximate surface area is 134 Å². The SMILES string of the molecule is C=CCNC(=O)c1cc(C)nc(Nc2ccc(C(C)=O)cc2)n1.